The van der Waals surface area contributed by atoms with Gasteiger partial charge in [0.15, 0.2) is 0 Å². The second-order valence-electron chi connectivity index (χ2n) is 4.99. The second kappa shape index (κ2) is 5.77. The zero-order valence-electron chi connectivity index (χ0n) is 11.1. The van der Waals surface area contributed by atoms with E-state index in [9.17, 15) is 0 Å². The maximum absolute atomic E-state index is 6.25. The second-order valence-corrected chi connectivity index (χ2v) is 5.43. The van der Waals surface area contributed by atoms with Gasteiger partial charge in [0, 0.05) is 0 Å². The van der Waals surface area contributed by atoms with E-state index in [0.29, 0.717) is 5.92 Å². The molecule has 0 aliphatic carbocycles. The van der Waals surface area contributed by atoms with Gasteiger partial charge in [-0.2, -0.15) is 0 Å². The van der Waals surface area contributed by atoms with Crippen LogP contribution in [0.15, 0.2) is 41.6 Å². The number of halogens is 1. The van der Waals surface area contributed by atoms with E-state index < -0.39 is 0 Å². The summed E-state index contributed by atoms with van der Waals surface area (Å²) in [5.41, 5.74) is 1.27. The molecule has 3 heteroatoms. The average Bonchev–Trinajstić information content (AvgIpc) is 2.74. The lowest BCUT2D eigenvalue weighted by Crippen LogP contribution is -2.37. The van der Waals surface area contributed by atoms with E-state index >= 15 is 0 Å². The summed E-state index contributed by atoms with van der Waals surface area (Å²) in [5, 5.41) is 2.82. The van der Waals surface area contributed by atoms with Crippen LogP contribution in [-0.2, 0) is 4.84 Å². The number of nitrogens with zero attached hydrogens (tertiary/aromatic N) is 1. The molecule has 0 amide bonds. The van der Waals surface area contributed by atoms with Gasteiger partial charge in [0.1, 0.15) is 6.26 Å². The van der Waals surface area contributed by atoms with Crippen molar-refractivity contribution in [2.45, 2.75) is 39.3 Å². The van der Waals surface area contributed by atoms with E-state index in [-0.39, 0.29) is 12.1 Å². The maximum atomic E-state index is 6.25. The summed E-state index contributed by atoms with van der Waals surface area (Å²) in [4.78, 5) is 5.69. The minimum atomic E-state index is 0.150. The van der Waals surface area contributed by atoms with Crippen LogP contribution in [0.25, 0.3) is 0 Å². The Morgan fingerprint density at radius 2 is 1.94 bits per heavy atom. The van der Waals surface area contributed by atoms with Crippen molar-refractivity contribution >= 4 is 11.6 Å². The number of rotatable bonds is 4. The van der Waals surface area contributed by atoms with Crippen molar-refractivity contribution in [3.8, 4) is 0 Å². The first kappa shape index (κ1) is 13.4. The van der Waals surface area contributed by atoms with Crippen LogP contribution in [0.1, 0.15) is 38.8 Å². The van der Waals surface area contributed by atoms with Crippen molar-refractivity contribution in [3.63, 3.8) is 0 Å². The number of hydroxylamine groups is 2. The number of benzene rings is 1. The summed E-state index contributed by atoms with van der Waals surface area (Å²) in [7, 11) is 0. The van der Waals surface area contributed by atoms with E-state index in [1.807, 2.05) is 11.1 Å². The first-order valence-electron chi connectivity index (χ1n) is 6.50. The van der Waals surface area contributed by atoms with Crippen molar-refractivity contribution < 1.29 is 4.84 Å². The zero-order chi connectivity index (χ0) is 13.1. The highest BCUT2D eigenvalue weighted by molar-refractivity contribution is 6.30. The fraction of sp³-hybridized carbons (Fsp3) is 0.467. The van der Waals surface area contributed by atoms with Gasteiger partial charge >= 0.3 is 0 Å². The Hall–Kier alpha value is -0.990. The molecule has 0 fully saturated rings. The largest absolute Gasteiger partial charge is 0.411 e. The third kappa shape index (κ3) is 2.55. The van der Waals surface area contributed by atoms with Gasteiger partial charge in [-0.3, -0.25) is 0 Å². The molecule has 1 aromatic carbocycles. The predicted molar refractivity (Wildman–Crippen MR) is 75.0 cm³/mol. The molecule has 0 saturated carbocycles. The van der Waals surface area contributed by atoms with Crippen molar-refractivity contribution in [1.29, 1.82) is 0 Å². The van der Waals surface area contributed by atoms with Crippen molar-refractivity contribution in [2.75, 3.05) is 0 Å². The van der Waals surface area contributed by atoms with Crippen LogP contribution < -0.4 is 0 Å². The smallest absolute Gasteiger partial charge is 0.127 e. The molecule has 0 spiro atoms. The summed E-state index contributed by atoms with van der Waals surface area (Å²) in [6.45, 7) is 6.51. The van der Waals surface area contributed by atoms with E-state index in [4.69, 9.17) is 16.4 Å². The topological polar surface area (TPSA) is 12.5 Å². The minimum Gasteiger partial charge on any atom is -0.411 e. The molecule has 1 aliphatic rings. The highest BCUT2D eigenvalue weighted by Crippen LogP contribution is 2.37. The fourth-order valence-electron chi connectivity index (χ4n) is 2.49. The number of hydrogen-bond acceptors (Lipinski definition) is 2. The summed E-state index contributed by atoms with van der Waals surface area (Å²) in [6.07, 6.45) is 2.66. The summed E-state index contributed by atoms with van der Waals surface area (Å²) in [6, 6.07) is 10.8. The Labute approximate surface area is 114 Å². The molecule has 0 bridgehead atoms. The van der Waals surface area contributed by atoms with Gasteiger partial charge in [-0.15, -0.1) is 5.06 Å². The lowest BCUT2D eigenvalue weighted by Gasteiger charge is -2.33. The zero-order valence-corrected chi connectivity index (χ0v) is 11.9. The monoisotopic (exact) mass is 265 g/mol. The predicted octanol–water partition coefficient (Wildman–Crippen LogP) is 4.49. The lowest BCUT2D eigenvalue weighted by atomic mass is 9.98. The van der Waals surface area contributed by atoms with Gasteiger partial charge < -0.3 is 4.84 Å². The summed E-state index contributed by atoms with van der Waals surface area (Å²) in [5.74, 6) is 0.425. The molecule has 0 saturated heterocycles. The molecule has 0 radical (unpaired) electrons. The van der Waals surface area contributed by atoms with E-state index in [0.717, 1.165) is 11.5 Å². The van der Waals surface area contributed by atoms with E-state index in [1.54, 1.807) is 6.26 Å². The van der Waals surface area contributed by atoms with E-state index in [2.05, 4.69) is 45.0 Å². The van der Waals surface area contributed by atoms with Gasteiger partial charge in [-0.1, -0.05) is 62.7 Å². The molecule has 18 heavy (non-hydrogen) atoms. The quantitative estimate of drug-likeness (QED) is 0.795. The van der Waals surface area contributed by atoms with Crippen molar-refractivity contribution in [3.05, 3.63) is 47.2 Å². The Kier molecular flexibility index (Phi) is 4.31. The maximum Gasteiger partial charge on any atom is 0.127 e. The molecule has 0 N–H and O–H groups in total. The third-order valence-electron chi connectivity index (χ3n) is 3.35. The molecule has 0 aromatic heterocycles. The van der Waals surface area contributed by atoms with Gasteiger partial charge in [0.05, 0.1) is 17.1 Å². The van der Waals surface area contributed by atoms with Crippen LogP contribution in [0.3, 0.4) is 0 Å². The first-order chi connectivity index (χ1) is 8.65. The third-order valence-corrected chi connectivity index (χ3v) is 3.67. The Balaban J connectivity index is 2.24. The molecule has 2 rings (SSSR count). The Morgan fingerprint density at radius 1 is 1.28 bits per heavy atom. The Bertz CT molecular complexity index is 416. The molecule has 2 unspecified atom stereocenters. The number of hydrogen-bond donors (Lipinski definition) is 0. The van der Waals surface area contributed by atoms with Crippen LogP contribution in [0, 0.1) is 5.92 Å². The van der Waals surface area contributed by atoms with Crippen LogP contribution >= 0.6 is 11.6 Å². The van der Waals surface area contributed by atoms with Crippen LogP contribution in [-0.4, -0.2) is 11.1 Å². The Morgan fingerprint density at radius 3 is 2.50 bits per heavy atom. The van der Waals surface area contributed by atoms with Gasteiger partial charge in [-0.25, -0.2) is 0 Å². The van der Waals surface area contributed by atoms with Crippen LogP contribution in [0.4, 0.5) is 0 Å². The van der Waals surface area contributed by atoms with Crippen molar-refractivity contribution in [1.82, 2.24) is 5.06 Å². The van der Waals surface area contributed by atoms with Crippen molar-refractivity contribution in [2.24, 2.45) is 5.92 Å². The van der Waals surface area contributed by atoms with Crippen LogP contribution in [0.2, 0.25) is 0 Å². The average molecular weight is 266 g/mol. The standard InChI is InChI=1S/C15H20ClNO/c1-4-14(12-8-6-5-7-9-12)17-15(11(2)3)13(16)10-18-17/h5-11,14-15H,4H2,1-3H3. The fourth-order valence-corrected chi connectivity index (χ4v) is 2.87. The van der Waals surface area contributed by atoms with E-state index in [1.165, 1.54) is 5.56 Å². The summed E-state index contributed by atoms with van der Waals surface area (Å²) < 4.78 is 0. The van der Waals surface area contributed by atoms with Crippen LogP contribution in [0.5, 0.6) is 0 Å². The van der Waals surface area contributed by atoms with Gasteiger partial charge in [0.2, 0.25) is 0 Å². The molecule has 1 aromatic rings. The molecular formula is C15H20ClNO. The molecule has 2 nitrogen and oxygen atoms in total. The summed E-state index contributed by atoms with van der Waals surface area (Å²) >= 11 is 6.25. The molecule has 1 aliphatic heterocycles. The molecular weight excluding hydrogens is 246 g/mol. The van der Waals surface area contributed by atoms with Gasteiger partial charge in [0.25, 0.3) is 0 Å². The highest BCUT2D eigenvalue weighted by Gasteiger charge is 2.36. The molecule has 98 valence electrons. The first-order valence-corrected chi connectivity index (χ1v) is 6.88. The highest BCUT2D eigenvalue weighted by atomic mass is 35.5. The lowest BCUT2D eigenvalue weighted by molar-refractivity contribution is -0.149. The normalized spacial score (nSPS) is 21.8. The molecule has 2 atom stereocenters. The SMILES string of the molecule is CCC(c1ccccc1)N1OC=C(Cl)C1C(C)C. The van der Waals surface area contributed by atoms with Gasteiger partial charge in [-0.05, 0) is 17.9 Å². The minimum absolute atomic E-state index is 0.150. The molecule has 1 heterocycles.